The van der Waals surface area contributed by atoms with Crippen LogP contribution in [0.2, 0.25) is 0 Å². The summed E-state index contributed by atoms with van der Waals surface area (Å²) in [6, 6.07) is 8.28. The van der Waals surface area contributed by atoms with E-state index in [2.05, 4.69) is 48.2 Å². The van der Waals surface area contributed by atoms with E-state index in [0.29, 0.717) is 11.6 Å². The van der Waals surface area contributed by atoms with Crippen molar-refractivity contribution in [1.29, 1.82) is 0 Å². The van der Waals surface area contributed by atoms with Crippen molar-refractivity contribution in [3.8, 4) is 0 Å². The second-order valence-corrected chi connectivity index (χ2v) is 8.85. The van der Waals surface area contributed by atoms with E-state index in [9.17, 15) is 4.79 Å². The van der Waals surface area contributed by atoms with Crippen molar-refractivity contribution in [2.24, 2.45) is 0 Å². The van der Waals surface area contributed by atoms with Gasteiger partial charge in [0.05, 0.1) is 26.3 Å². The number of amides is 1. The molecule has 4 nitrogen and oxygen atoms in total. The number of benzene rings is 2. The number of rotatable bonds is 3. The van der Waals surface area contributed by atoms with Gasteiger partial charge >= 0.3 is 0 Å². The number of nitrogens with one attached hydrogen (secondary N) is 1. The molecule has 26 heavy (non-hydrogen) atoms. The lowest BCUT2D eigenvalue weighted by atomic mass is 9.97. The summed E-state index contributed by atoms with van der Waals surface area (Å²) in [5.41, 5.74) is 6.48. The van der Waals surface area contributed by atoms with Crippen LogP contribution in [0.3, 0.4) is 0 Å². The van der Waals surface area contributed by atoms with Crippen LogP contribution < -0.4 is 5.32 Å². The van der Waals surface area contributed by atoms with Crippen LogP contribution in [-0.2, 0) is 11.2 Å². The quantitative estimate of drug-likeness (QED) is 0.522. The number of anilines is 1. The first-order chi connectivity index (χ1) is 12.4. The maximum absolute atomic E-state index is 12.6. The van der Waals surface area contributed by atoms with Crippen LogP contribution in [-0.4, -0.2) is 15.9 Å². The highest BCUT2D eigenvalue weighted by atomic mass is 32.1. The summed E-state index contributed by atoms with van der Waals surface area (Å²) in [6.45, 7) is 8.20. The minimum atomic E-state index is -0.0372. The lowest BCUT2D eigenvalue weighted by Crippen LogP contribution is -2.15. The van der Waals surface area contributed by atoms with Crippen LogP contribution in [0.25, 0.3) is 20.4 Å². The zero-order valence-electron chi connectivity index (χ0n) is 15.1. The van der Waals surface area contributed by atoms with Crippen LogP contribution in [0.1, 0.15) is 27.3 Å². The molecule has 0 aliphatic heterocycles. The van der Waals surface area contributed by atoms with E-state index in [0.717, 1.165) is 42.1 Å². The predicted octanol–water partition coefficient (Wildman–Crippen LogP) is 5.32. The van der Waals surface area contributed by atoms with Crippen molar-refractivity contribution in [1.82, 2.24) is 9.97 Å². The maximum atomic E-state index is 12.6. The normalized spacial score (nSPS) is 11.4. The Balaban J connectivity index is 1.61. The van der Waals surface area contributed by atoms with Gasteiger partial charge in [-0.2, -0.15) is 0 Å². The van der Waals surface area contributed by atoms with Gasteiger partial charge in [0.15, 0.2) is 5.13 Å². The van der Waals surface area contributed by atoms with Crippen molar-refractivity contribution >= 4 is 54.1 Å². The van der Waals surface area contributed by atoms with Gasteiger partial charge in [0.25, 0.3) is 0 Å². The molecule has 1 amide bonds. The summed E-state index contributed by atoms with van der Waals surface area (Å²) in [6.07, 6.45) is 0.360. The Hall–Kier alpha value is -2.31. The molecule has 0 spiro atoms. The third-order valence-electron chi connectivity index (χ3n) is 4.45. The fourth-order valence-electron chi connectivity index (χ4n) is 3.35. The summed E-state index contributed by atoms with van der Waals surface area (Å²) in [7, 11) is 0. The fraction of sp³-hybridized carbons (Fsp3) is 0.250. The molecule has 0 aliphatic carbocycles. The number of carbonyl (C=O) groups is 1. The first-order valence-electron chi connectivity index (χ1n) is 8.44. The highest BCUT2D eigenvalue weighted by Crippen LogP contribution is 2.34. The SMILES string of the molecule is Cc1cc(C)c(CC(=O)Nc2nc3ccc4sc(C)nc4c3s2)c(C)c1. The van der Waals surface area contributed by atoms with Gasteiger partial charge in [-0.25, -0.2) is 9.97 Å². The number of hydrogen-bond acceptors (Lipinski definition) is 5. The molecule has 1 N–H and O–H groups in total. The first-order valence-corrected chi connectivity index (χ1v) is 10.1. The molecule has 2 heterocycles. The Labute approximate surface area is 159 Å². The molecule has 4 rings (SSSR count). The van der Waals surface area contributed by atoms with Crippen molar-refractivity contribution in [3.05, 3.63) is 51.5 Å². The van der Waals surface area contributed by atoms with Gasteiger partial charge in [0, 0.05) is 0 Å². The fourth-order valence-corrected chi connectivity index (χ4v) is 5.23. The second-order valence-electron chi connectivity index (χ2n) is 6.61. The van der Waals surface area contributed by atoms with E-state index in [1.165, 1.54) is 16.9 Å². The molecule has 0 atom stereocenters. The predicted molar refractivity (Wildman–Crippen MR) is 111 cm³/mol. The number of thiazole rings is 2. The summed E-state index contributed by atoms with van der Waals surface area (Å²) in [4.78, 5) is 21.7. The zero-order chi connectivity index (χ0) is 18.4. The highest BCUT2D eigenvalue weighted by molar-refractivity contribution is 7.24. The molecule has 4 aromatic rings. The first kappa shape index (κ1) is 17.1. The monoisotopic (exact) mass is 381 g/mol. The highest BCUT2D eigenvalue weighted by Gasteiger charge is 2.14. The lowest BCUT2D eigenvalue weighted by molar-refractivity contribution is -0.115. The third kappa shape index (κ3) is 3.10. The van der Waals surface area contributed by atoms with E-state index in [1.807, 2.05) is 19.1 Å². The smallest absolute Gasteiger partial charge is 0.230 e. The minimum absolute atomic E-state index is 0.0372. The molecule has 2 aromatic heterocycles. The summed E-state index contributed by atoms with van der Waals surface area (Å²) < 4.78 is 2.19. The van der Waals surface area contributed by atoms with Crippen LogP contribution in [0.4, 0.5) is 5.13 Å². The molecule has 132 valence electrons. The van der Waals surface area contributed by atoms with E-state index >= 15 is 0 Å². The van der Waals surface area contributed by atoms with E-state index in [4.69, 9.17) is 0 Å². The van der Waals surface area contributed by atoms with Gasteiger partial charge in [0.1, 0.15) is 5.52 Å². The van der Waals surface area contributed by atoms with Gasteiger partial charge in [0.2, 0.25) is 5.91 Å². The molecule has 0 fully saturated rings. The molecule has 0 saturated carbocycles. The van der Waals surface area contributed by atoms with Gasteiger partial charge in [-0.15, -0.1) is 11.3 Å². The zero-order valence-corrected chi connectivity index (χ0v) is 16.8. The topological polar surface area (TPSA) is 54.9 Å². The Morgan fingerprint density at radius 3 is 2.50 bits per heavy atom. The third-order valence-corrected chi connectivity index (χ3v) is 6.37. The molecule has 2 aromatic carbocycles. The number of aryl methyl sites for hydroxylation is 4. The van der Waals surface area contributed by atoms with Crippen molar-refractivity contribution < 1.29 is 4.79 Å². The van der Waals surface area contributed by atoms with E-state index < -0.39 is 0 Å². The van der Waals surface area contributed by atoms with Crippen molar-refractivity contribution in [3.63, 3.8) is 0 Å². The molecule has 0 radical (unpaired) electrons. The summed E-state index contributed by atoms with van der Waals surface area (Å²) in [5.74, 6) is -0.0372. The number of aromatic nitrogens is 2. The van der Waals surface area contributed by atoms with E-state index in [1.54, 1.807) is 11.3 Å². The number of carbonyl (C=O) groups excluding carboxylic acids is 1. The van der Waals surface area contributed by atoms with Crippen molar-refractivity contribution in [2.75, 3.05) is 5.32 Å². The number of nitrogens with zero attached hydrogens (tertiary/aromatic N) is 2. The van der Waals surface area contributed by atoms with Crippen LogP contribution in [0.15, 0.2) is 24.3 Å². The molecule has 0 saturated heterocycles. The minimum Gasteiger partial charge on any atom is -0.302 e. The van der Waals surface area contributed by atoms with E-state index in [-0.39, 0.29) is 5.91 Å². The van der Waals surface area contributed by atoms with Crippen molar-refractivity contribution in [2.45, 2.75) is 34.1 Å². The standard InChI is InChI=1S/C20H19N3OS2/c1-10-7-11(2)14(12(3)8-10)9-17(24)23-20-22-15-5-6-16-18(19(15)26-20)21-13(4)25-16/h5-8H,9H2,1-4H3,(H,22,23,24). The van der Waals surface area contributed by atoms with Gasteiger partial charge in [-0.1, -0.05) is 29.0 Å². The molecule has 0 bridgehead atoms. The van der Waals surface area contributed by atoms with Crippen LogP contribution in [0, 0.1) is 27.7 Å². The molecular weight excluding hydrogens is 362 g/mol. The number of fused-ring (bicyclic) bond motifs is 3. The summed E-state index contributed by atoms with van der Waals surface area (Å²) >= 11 is 3.17. The largest absolute Gasteiger partial charge is 0.302 e. The average Bonchev–Trinajstić information content (AvgIpc) is 3.12. The lowest BCUT2D eigenvalue weighted by Gasteiger charge is -2.10. The molecule has 6 heteroatoms. The molecule has 0 unspecified atom stereocenters. The second kappa shape index (κ2) is 6.45. The number of hydrogen-bond donors (Lipinski definition) is 1. The van der Waals surface area contributed by atoms with Crippen LogP contribution >= 0.6 is 22.7 Å². The van der Waals surface area contributed by atoms with Crippen LogP contribution in [0.5, 0.6) is 0 Å². The Morgan fingerprint density at radius 2 is 1.77 bits per heavy atom. The Bertz CT molecular complexity index is 1130. The Morgan fingerprint density at radius 1 is 1.04 bits per heavy atom. The van der Waals surface area contributed by atoms with Gasteiger partial charge < -0.3 is 5.32 Å². The summed E-state index contributed by atoms with van der Waals surface area (Å²) in [5, 5.41) is 4.63. The van der Waals surface area contributed by atoms with Gasteiger partial charge in [-0.3, -0.25) is 4.79 Å². The molecular formula is C20H19N3OS2. The van der Waals surface area contributed by atoms with Gasteiger partial charge in [-0.05, 0) is 56.5 Å². The average molecular weight is 382 g/mol. The molecule has 0 aliphatic rings. The maximum Gasteiger partial charge on any atom is 0.230 e. The Kier molecular flexibility index (Phi) is 4.25.